The third kappa shape index (κ3) is 2.23. The van der Waals surface area contributed by atoms with Crippen molar-refractivity contribution in [1.82, 2.24) is 35.2 Å². The highest BCUT2D eigenvalue weighted by molar-refractivity contribution is 5.84. The van der Waals surface area contributed by atoms with Gasteiger partial charge >= 0.3 is 5.97 Å². The first kappa shape index (κ1) is 12.0. The maximum absolute atomic E-state index is 10.7. The van der Waals surface area contributed by atoms with Crippen molar-refractivity contribution in [3.05, 3.63) is 48.0 Å². The van der Waals surface area contributed by atoms with Gasteiger partial charge in [-0.1, -0.05) is 23.4 Å². The molecule has 1 N–H and O–H groups in total. The number of carbonyl (C=O) groups is 1. The Morgan fingerprint density at radius 1 is 1.15 bits per heavy atom. The zero-order valence-electron chi connectivity index (χ0n) is 10.2. The molecule has 9 heteroatoms. The second-order valence-electron chi connectivity index (χ2n) is 3.95. The van der Waals surface area contributed by atoms with Gasteiger partial charge in [0, 0.05) is 0 Å². The number of benzene rings is 1. The standard InChI is InChI=1S/C11H9N7O2/c19-11(20)9-6-17(15-12-9)7-10-13-14-16-18(10)8-4-2-1-3-5-8/h1-6H,7H2,(H,19,20). The number of rotatable bonds is 4. The fourth-order valence-electron chi connectivity index (χ4n) is 1.69. The summed E-state index contributed by atoms with van der Waals surface area (Å²) in [5.74, 6) is -0.600. The van der Waals surface area contributed by atoms with Crippen LogP contribution in [0.2, 0.25) is 0 Å². The minimum atomic E-state index is -1.13. The van der Waals surface area contributed by atoms with E-state index >= 15 is 0 Å². The molecule has 0 aliphatic heterocycles. The van der Waals surface area contributed by atoms with Crippen molar-refractivity contribution in [3.63, 3.8) is 0 Å². The van der Waals surface area contributed by atoms with Crippen molar-refractivity contribution in [1.29, 1.82) is 0 Å². The van der Waals surface area contributed by atoms with Crippen LogP contribution in [0.3, 0.4) is 0 Å². The minimum absolute atomic E-state index is 0.122. The van der Waals surface area contributed by atoms with Gasteiger partial charge in [0.05, 0.1) is 11.9 Å². The Morgan fingerprint density at radius 3 is 2.65 bits per heavy atom. The fraction of sp³-hybridized carbons (Fsp3) is 0.0909. The molecule has 0 saturated heterocycles. The van der Waals surface area contributed by atoms with Crippen LogP contribution in [0.4, 0.5) is 0 Å². The molecule has 0 radical (unpaired) electrons. The molecule has 2 heterocycles. The Bertz CT molecular complexity index is 734. The van der Waals surface area contributed by atoms with Gasteiger partial charge in [0.15, 0.2) is 11.5 Å². The topological polar surface area (TPSA) is 112 Å². The predicted molar refractivity (Wildman–Crippen MR) is 65.2 cm³/mol. The van der Waals surface area contributed by atoms with Crippen molar-refractivity contribution in [2.75, 3.05) is 0 Å². The van der Waals surface area contributed by atoms with Crippen LogP contribution in [0, 0.1) is 0 Å². The molecule has 2 aromatic heterocycles. The van der Waals surface area contributed by atoms with Gasteiger partial charge in [-0.25, -0.2) is 9.48 Å². The fourth-order valence-corrected chi connectivity index (χ4v) is 1.69. The normalized spacial score (nSPS) is 10.6. The molecular formula is C11H9N7O2. The lowest BCUT2D eigenvalue weighted by Gasteiger charge is -2.03. The summed E-state index contributed by atoms with van der Waals surface area (Å²) in [6.07, 6.45) is 1.33. The van der Waals surface area contributed by atoms with Crippen LogP contribution in [0.5, 0.6) is 0 Å². The smallest absolute Gasteiger partial charge is 0.358 e. The number of aromatic carboxylic acids is 1. The van der Waals surface area contributed by atoms with Crippen molar-refractivity contribution < 1.29 is 9.90 Å². The van der Waals surface area contributed by atoms with Gasteiger partial charge in [0.1, 0.15) is 6.54 Å². The Kier molecular flexibility index (Phi) is 2.92. The van der Waals surface area contributed by atoms with E-state index in [1.165, 1.54) is 10.9 Å². The number of carboxylic acids is 1. The molecule has 3 aromatic rings. The number of tetrazole rings is 1. The zero-order valence-corrected chi connectivity index (χ0v) is 10.2. The molecule has 1 aromatic carbocycles. The van der Waals surface area contributed by atoms with E-state index in [0.717, 1.165) is 5.69 Å². The average Bonchev–Trinajstić information content (AvgIpc) is 3.09. The highest BCUT2D eigenvalue weighted by Crippen LogP contribution is 2.08. The van der Waals surface area contributed by atoms with Crippen LogP contribution in [-0.4, -0.2) is 46.3 Å². The lowest BCUT2D eigenvalue weighted by Crippen LogP contribution is -2.09. The summed E-state index contributed by atoms with van der Waals surface area (Å²) in [5.41, 5.74) is 0.690. The number of carboxylic acid groups (broad SMARTS) is 1. The van der Waals surface area contributed by atoms with Gasteiger partial charge in [-0.15, -0.1) is 10.2 Å². The monoisotopic (exact) mass is 271 g/mol. The lowest BCUT2D eigenvalue weighted by molar-refractivity contribution is 0.0690. The molecule has 0 spiro atoms. The molecule has 0 fully saturated rings. The molecule has 100 valence electrons. The summed E-state index contributed by atoms with van der Waals surface area (Å²) < 4.78 is 2.93. The quantitative estimate of drug-likeness (QED) is 0.710. The van der Waals surface area contributed by atoms with Crippen LogP contribution in [0.25, 0.3) is 5.69 Å². The van der Waals surface area contributed by atoms with E-state index in [4.69, 9.17) is 5.11 Å². The first-order valence-corrected chi connectivity index (χ1v) is 5.70. The van der Waals surface area contributed by atoms with Crippen molar-refractivity contribution in [2.24, 2.45) is 0 Å². The molecule has 0 aliphatic carbocycles. The van der Waals surface area contributed by atoms with Crippen LogP contribution in [0.15, 0.2) is 36.5 Å². The van der Waals surface area contributed by atoms with Crippen molar-refractivity contribution in [3.8, 4) is 5.69 Å². The first-order chi connectivity index (χ1) is 9.74. The van der Waals surface area contributed by atoms with Crippen molar-refractivity contribution in [2.45, 2.75) is 6.54 Å². The van der Waals surface area contributed by atoms with Gasteiger partial charge in [0.25, 0.3) is 0 Å². The number of hydrogen-bond acceptors (Lipinski definition) is 6. The molecule has 20 heavy (non-hydrogen) atoms. The SMILES string of the molecule is O=C(O)c1cn(Cc2nnnn2-c2ccccc2)nn1. The van der Waals surface area contributed by atoms with Gasteiger partial charge < -0.3 is 5.11 Å². The largest absolute Gasteiger partial charge is 0.476 e. The van der Waals surface area contributed by atoms with E-state index in [1.807, 2.05) is 30.3 Å². The van der Waals surface area contributed by atoms with E-state index in [1.54, 1.807) is 4.68 Å². The highest BCUT2D eigenvalue weighted by atomic mass is 16.4. The third-order valence-corrected chi connectivity index (χ3v) is 2.60. The molecular weight excluding hydrogens is 262 g/mol. The molecule has 0 atom stereocenters. The van der Waals surface area contributed by atoms with Crippen molar-refractivity contribution >= 4 is 5.97 Å². The van der Waals surface area contributed by atoms with E-state index in [2.05, 4.69) is 25.8 Å². The number of para-hydroxylation sites is 1. The summed E-state index contributed by atoms with van der Waals surface area (Å²) in [6.45, 7) is 0.224. The molecule has 9 nitrogen and oxygen atoms in total. The van der Waals surface area contributed by atoms with Gasteiger partial charge in [-0.3, -0.25) is 0 Å². The Hall–Kier alpha value is -3.10. The minimum Gasteiger partial charge on any atom is -0.476 e. The zero-order chi connectivity index (χ0) is 13.9. The van der Waals surface area contributed by atoms with E-state index < -0.39 is 5.97 Å². The lowest BCUT2D eigenvalue weighted by atomic mass is 10.3. The second-order valence-corrected chi connectivity index (χ2v) is 3.95. The third-order valence-electron chi connectivity index (χ3n) is 2.60. The van der Waals surface area contributed by atoms with Crippen LogP contribution >= 0.6 is 0 Å². The average molecular weight is 271 g/mol. The number of aromatic nitrogens is 7. The Balaban J connectivity index is 1.88. The van der Waals surface area contributed by atoms with E-state index in [9.17, 15) is 4.79 Å². The van der Waals surface area contributed by atoms with Crippen LogP contribution in [0.1, 0.15) is 16.3 Å². The molecule has 0 bridgehead atoms. The summed E-state index contributed by atoms with van der Waals surface area (Å²) >= 11 is 0. The number of hydrogen-bond donors (Lipinski definition) is 1. The molecule has 3 rings (SSSR count). The summed E-state index contributed by atoms with van der Waals surface area (Å²) in [6, 6.07) is 9.37. The number of nitrogens with zero attached hydrogens (tertiary/aromatic N) is 7. The Morgan fingerprint density at radius 2 is 1.95 bits per heavy atom. The van der Waals surface area contributed by atoms with Gasteiger partial charge in [0.2, 0.25) is 0 Å². The molecule has 0 unspecified atom stereocenters. The van der Waals surface area contributed by atoms with Gasteiger partial charge in [-0.2, -0.15) is 4.68 Å². The molecule has 0 amide bonds. The van der Waals surface area contributed by atoms with E-state index in [0.29, 0.717) is 5.82 Å². The maximum atomic E-state index is 10.7. The second kappa shape index (κ2) is 4.88. The van der Waals surface area contributed by atoms with E-state index in [-0.39, 0.29) is 12.2 Å². The maximum Gasteiger partial charge on any atom is 0.358 e. The predicted octanol–water partition coefficient (Wildman–Crippen LogP) is 0.000300. The first-order valence-electron chi connectivity index (χ1n) is 5.70. The molecule has 0 saturated carbocycles. The van der Waals surface area contributed by atoms with Gasteiger partial charge in [-0.05, 0) is 22.6 Å². The summed E-state index contributed by atoms with van der Waals surface area (Å²) in [7, 11) is 0. The van der Waals surface area contributed by atoms with Crippen LogP contribution < -0.4 is 0 Å². The summed E-state index contributed by atoms with van der Waals surface area (Å²) in [5, 5.41) is 27.5. The highest BCUT2D eigenvalue weighted by Gasteiger charge is 2.12. The molecule has 0 aliphatic rings. The Labute approximate surface area is 112 Å². The van der Waals surface area contributed by atoms with Crippen LogP contribution in [-0.2, 0) is 6.54 Å². The summed E-state index contributed by atoms with van der Waals surface area (Å²) in [4.78, 5) is 10.7.